The zero-order chi connectivity index (χ0) is 20.3. The number of nitrogens with one attached hydrogen (secondary N) is 2. The minimum absolute atomic E-state index is 0.0528. The van der Waals surface area contributed by atoms with Gasteiger partial charge in [0, 0.05) is 36.4 Å². The van der Waals surface area contributed by atoms with E-state index in [1.807, 2.05) is 0 Å². The molecule has 1 saturated heterocycles. The summed E-state index contributed by atoms with van der Waals surface area (Å²) >= 11 is 6.10. The number of hydrogen-bond acceptors (Lipinski definition) is 5. The van der Waals surface area contributed by atoms with Crippen LogP contribution in [-0.4, -0.2) is 54.4 Å². The zero-order valence-electron chi connectivity index (χ0n) is 14.7. The Morgan fingerprint density at radius 1 is 1.36 bits per heavy atom. The van der Waals surface area contributed by atoms with Gasteiger partial charge in [0.25, 0.3) is 5.91 Å². The van der Waals surface area contributed by atoms with Crippen molar-refractivity contribution in [3.8, 4) is 5.75 Å². The number of dihydropyridines is 1. The Bertz CT molecular complexity index is 805. The van der Waals surface area contributed by atoms with Crippen molar-refractivity contribution in [1.82, 2.24) is 15.5 Å². The summed E-state index contributed by atoms with van der Waals surface area (Å²) in [6.07, 6.45) is -1.31. The molecular formula is C18H19ClF3N3O3. The molecule has 2 aliphatic heterocycles. The van der Waals surface area contributed by atoms with Crippen molar-refractivity contribution >= 4 is 17.5 Å². The van der Waals surface area contributed by atoms with Crippen molar-refractivity contribution < 1.29 is 27.8 Å². The van der Waals surface area contributed by atoms with Gasteiger partial charge in [-0.15, -0.1) is 0 Å². The fourth-order valence-electron chi connectivity index (χ4n) is 2.91. The fourth-order valence-corrected chi connectivity index (χ4v) is 3.15. The van der Waals surface area contributed by atoms with Crippen LogP contribution in [0.1, 0.15) is 15.9 Å². The number of phenols is 1. The molecule has 1 unspecified atom stereocenters. The molecule has 1 atom stereocenters. The Labute approximate surface area is 164 Å². The van der Waals surface area contributed by atoms with Crippen molar-refractivity contribution in [3.63, 3.8) is 0 Å². The standard InChI is InChI=1S/C18H19ClF3N3O3/c19-12-7-11(10-25-3-5-28-6-4-25)16(26)14(8-12)17(27)24-13-1-2-15(23-9-13)18(20,21)22/h1-2,7-9,15,23,26H,3-6,10H2,(H,24,27). The van der Waals surface area contributed by atoms with Gasteiger partial charge in [0.05, 0.1) is 24.5 Å². The number of amides is 1. The van der Waals surface area contributed by atoms with Crippen molar-refractivity contribution in [2.24, 2.45) is 0 Å². The van der Waals surface area contributed by atoms with E-state index in [0.717, 1.165) is 18.4 Å². The highest BCUT2D eigenvalue weighted by Crippen LogP contribution is 2.29. The molecular weight excluding hydrogens is 399 g/mol. The number of phenolic OH excluding ortho intramolecular Hbond substituents is 1. The molecule has 0 bridgehead atoms. The van der Waals surface area contributed by atoms with Crippen LogP contribution in [0.5, 0.6) is 5.75 Å². The Hall–Kier alpha value is -2.23. The second-order valence-electron chi connectivity index (χ2n) is 6.45. The SMILES string of the molecule is O=C(NC1=CNC(C(F)(F)F)C=C1)c1cc(Cl)cc(CN2CCOCC2)c1O. The monoisotopic (exact) mass is 417 g/mol. The Kier molecular flexibility index (Phi) is 6.17. The second kappa shape index (κ2) is 8.42. The molecule has 0 radical (unpaired) electrons. The van der Waals surface area contributed by atoms with Gasteiger partial charge >= 0.3 is 6.18 Å². The Morgan fingerprint density at radius 3 is 2.68 bits per heavy atom. The number of carbonyl (C=O) groups is 1. The lowest BCUT2D eigenvalue weighted by Crippen LogP contribution is -2.40. The summed E-state index contributed by atoms with van der Waals surface area (Å²) in [4.78, 5) is 14.6. The van der Waals surface area contributed by atoms with Crippen molar-refractivity contribution in [2.45, 2.75) is 18.8 Å². The summed E-state index contributed by atoms with van der Waals surface area (Å²) < 4.78 is 43.2. The number of aromatic hydroxyl groups is 1. The molecule has 0 aliphatic carbocycles. The number of ether oxygens (including phenoxy) is 1. The molecule has 1 fully saturated rings. The number of rotatable bonds is 4. The third-order valence-corrected chi connectivity index (χ3v) is 4.61. The summed E-state index contributed by atoms with van der Waals surface area (Å²) in [5.41, 5.74) is 0.575. The molecule has 1 amide bonds. The number of allylic oxidation sites excluding steroid dienone is 1. The van der Waals surface area contributed by atoms with Gasteiger partial charge < -0.3 is 20.5 Å². The molecule has 152 valence electrons. The summed E-state index contributed by atoms with van der Waals surface area (Å²) in [5.74, 6) is -0.888. The molecule has 10 heteroatoms. The topological polar surface area (TPSA) is 73.8 Å². The van der Waals surface area contributed by atoms with Crippen molar-refractivity contribution in [1.29, 1.82) is 0 Å². The third-order valence-electron chi connectivity index (χ3n) is 4.39. The molecule has 0 saturated carbocycles. The number of alkyl halides is 3. The average molecular weight is 418 g/mol. The predicted octanol–water partition coefficient (Wildman–Crippen LogP) is 2.54. The van der Waals surface area contributed by atoms with Crippen LogP contribution in [0.2, 0.25) is 5.02 Å². The molecule has 6 nitrogen and oxygen atoms in total. The summed E-state index contributed by atoms with van der Waals surface area (Å²) in [6, 6.07) is 1.08. The molecule has 1 aromatic carbocycles. The summed E-state index contributed by atoms with van der Waals surface area (Å²) in [5, 5.41) is 15.4. The van der Waals surface area contributed by atoms with Crippen LogP contribution < -0.4 is 10.6 Å². The number of benzene rings is 1. The van der Waals surface area contributed by atoms with Crippen LogP contribution >= 0.6 is 11.6 Å². The molecule has 2 heterocycles. The van der Waals surface area contributed by atoms with Crippen LogP contribution in [0, 0.1) is 0 Å². The van der Waals surface area contributed by atoms with Crippen LogP contribution in [0.25, 0.3) is 0 Å². The van der Waals surface area contributed by atoms with Gasteiger partial charge in [0.2, 0.25) is 0 Å². The first-order valence-electron chi connectivity index (χ1n) is 8.58. The number of nitrogens with zero attached hydrogens (tertiary/aromatic N) is 1. The van der Waals surface area contributed by atoms with E-state index >= 15 is 0 Å². The molecule has 2 aliphatic rings. The van der Waals surface area contributed by atoms with E-state index in [2.05, 4.69) is 15.5 Å². The summed E-state index contributed by atoms with van der Waals surface area (Å²) in [7, 11) is 0. The Morgan fingerprint density at radius 2 is 2.07 bits per heavy atom. The lowest BCUT2D eigenvalue weighted by atomic mass is 10.1. The highest BCUT2D eigenvalue weighted by molar-refractivity contribution is 6.31. The molecule has 1 aromatic rings. The van der Waals surface area contributed by atoms with E-state index < -0.39 is 18.1 Å². The van der Waals surface area contributed by atoms with Crippen molar-refractivity contribution in [2.75, 3.05) is 26.3 Å². The van der Waals surface area contributed by atoms with Gasteiger partial charge in [0.1, 0.15) is 11.8 Å². The molecule has 0 aromatic heterocycles. The Balaban J connectivity index is 1.71. The van der Waals surface area contributed by atoms with E-state index in [0.29, 0.717) is 38.4 Å². The fraction of sp³-hybridized carbons (Fsp3) is 0.389. The second-order valence-corrected chi connectivity index (χ2v) is 6.88. The maximum atomic E-state index is 12.6. The smallest absolute Gasteiger partial charge is 0.412 e. The first-order chi connectivity index (χ1) is 13.2. The first-order valence-corrected chi connectivity index (χ1v) is 8.96. The molecule has 3 N–H and O–H groups in total. The highest BCUT2D eigenvalue weighted by Gasteiger charge is 2.38. The van der Waals surface area contributed by atoms with E-state index in [-0.39, 0.29) is 22.0 Å². The lowest BCUT2D eigenvalue weighted by molar-refractivity contribution is -0.142. The quantitative estimate of drug-likeness (QED) is 0.702. The van der Waals surface area contributed by atoms with Gasteiger partial charge in [-0.2, -0.15) is 13.2 Å². The molecule has 0 spiro atoms. The largest absolute Gasteiger partial charge is 0.507 e. The third kappa shape index (κ3) is 4.98. The van der Waals surface area contributed by atoms with Crippen molar-refractivity contribution in [3.05, 3.63) is 52.3 Å². The minimum atomic E-state index is -4.43. The van der Waals surface area contributed by atoms with Crippen LogP contribution in [0.3, 0.4) is 0 Å². The van der Waals surface area contributed by atoms with Gasteiger partial charge in [-0.05, 0) is 18.2 Å². The van der Waals surface area contributed by atoms with Crippen LogP contribution in [0.4, 0.5) is 13.2 Å². The molecule has 3 rings (SSSR count). The predicted molar refractivity (Wildman–Crippen MR) is 96.9 cm³/mol. The van der Waals surface area contributed by atoms with E-state index in [1.54, 1.807) is 6.07 Å². The van der Waals surface area contributed by atoms with Gasteiger partial charge in [0.15, 0.2) is 0 Å². The maximum Gasteiger partial charge on any atom is 0.412 e. The number of hydrogen-bond donors (Lipinski definition) is 3. The number of morpholine rings is 1. The van der Waals surface area contributed by atoms with E-state index in [9.17, 15) is 23.1 Å². The first kappa shape index (κ1) is 20.5. The van der Waals surface area contributed by atoms with Crippen LogP contribution in [-0.2, 0) is 11.3 Å². The van der Waals surface area contributed by atoms with E-state index in [4.69, 9.17) is 16.3 Å². The lowest BCUT2D eigenvalue weighted by Gasteiger charge is -2.27. The maximum absolute atomic E-state index is 12.6. The average Bonchev–Trinajstić information content (AvgIpc) is 2.65. The summed E-state index contributed by atoms with van der Waals surface area (Å²) in [6.45, 7) is 2.95. The van der Waals surface area contributed by atoms with Gasteiger partial charge in [-0.3, -0.25) is 9.69 Å². The molecule has 28 heavy (non-hydrogen) atoms. The minimum Gasteiger partial charge on any atom is -0.507 e. The van der Waals surface area contributed by atoms with E-state index in [1.165, 1.54) is 6.07 Å². The number of carbonyl (C=O) groups excluding carboxylic acids is 1. The van der Waals surface area contributed by atoms with Gasteiger partial charge in [-0.1, -0.05) is 17.7 Å². The number of halogens is 4. The van der Waals surface area contributed by atoms with Crippen LogP contribution in [0.15, 0.2) is 36.2 Å². The normalized spacial score (nSPS) is 20.4. The van der Waals surface area contributed by atoms with Gasteiger partial charge in [-0.25, -0.2) is 0 Å². The highest BCUT2D eigenvalue weighted by atomic mass is 35.5. The zero-order valence-corrected chi connectivity index (χ0v) is 15.5.